The van der Waals surface area contributed by atoms with Gasteiger partial charge in [-0.2, -0.15) is 0 Å². The van der Waals surface area contributed by atoms with E-state index in [1.54, 1.807) is 0 Å². The molecule has 2 aromatic rings. The summed E-state index contributed by atoms with van der Waals surface area (Å²) in [6, 6.07) is 12.0. The molecule has 1 unspecified atom stereocenters. The van der Waals surface area contributed by atoms with Crippen LogP contribution < -0.4 is 5.73 Å². The highest BCUT2D eigenvalue weighted by molar-refractivity contribution is 5.46. The molecule has 17 heavy (non-hydrogen) atoms. The van der Waals surface area contributed by atoms with Crippen LogP contribution in [-0.4, -0.2) is 16.2 Å². The van der Waals surface area contributed by atoms with Crippen molar-refractivity contribution in [3.63, 3.8) is 0 Å². The second kappa shape index (κ2) is 4.73. The van der Waals surface area contributed by atoms with Crippen LogP contribution in [0.5, 0.6) is 0 Å². The Morgan fingerprint density at radius 2 is 1.71 bits per heavy atom. The Labute approximate surface area is 102 Å². The van der Waals surface area contributed by atoms with Gasteiger partial charge in [-0.3, -0.25) is 0 Å². The van der Waals surface area contributed by atoms with Crippen LogP contribution in [0.2, 0.25) is 0 Å². The maximum Gasteiger partial charge on any atom is 0.0932 e. The zero-order chi connectivity index (χ0) is 12.4. The number of benzene rings is 1. The van der Waals surface area contributed by atoms with E-state index in [1.165, 1.54) is 0 Å². The van der Waals surface area contributed by atoms with Crippen LogP contribution in [0.4, 0.5) is 0 Å². The van der Waals surface area contributed by atoms with Gasteiger partial charge in [-0.25, -0.2) is 0 Å². The first-order valence-electron chi connectivity index (χ1n) is 5.77. The molecular formula is C14H18N2O. The largest absolute Gasteiger partial charge is 0.387 e. The summed E-state index contributed by atoms with van der Waals surface area (Å²) in [6.45, 7) is 4.34. The molecule has 0 radical (unpaired) electrons. The van der Waals surface area contributed by atoms with Gasteiger partial charge >= 0.3 is 0 Å². The molecule has 0 bridgehead atoms. The fraction of sp³-hybridized carbons (Fsp3) is 0.286. The lowest BCUT2D eigenvalue weighted by Gasteiger charge is -2.17. The molecule has 3 N–H and O–H groups in total. The van der Waals surface area contributed by atoms with Crippen molar-refractivity contribution < 1.29 is 5.11 Å². The molecule has 1 aromatic heterocycles. The summed E-state index contributed by atoms with van der Waals surface area (Å²) in [5.74, 6) is 0. The molecule has 0 saturated heterocycles. The number of nitrogens with two attached hydrogens (primary N) is 1. The van der Waals surface area contributed by atoms with Crippen molar-refractivity contribution in [1.82, 2.24) is 4.57 Å². The first kappa shape index (κ1) is 11.9. The monoisotopic (exact) mass is 230 g/mol. The third-order valence-electron chi connectivity index (χ3n) is 3.03. The smallest absolute Gasteiger partial charge is 0.0932 e. The third-order valence-corrected chi connectivity index (χ3v) is 3.03. The zero-order valence-electron chi connectivity index (χ0n) is 10.2. The van der Waals surface area contributed by atoms with Gasteiger partial charge in [-0.15, -0.1) is 0 Å². The number of aliphatic hydroxyl groups is 1. The summed E-state index contributed by atoms with van der Waals surface area (Å²) in [7, 11) is 0. The summed E-state index contributed by atoms with van der Waals surface area (Å²) in [5, 5.41) is 9.95. The number of aromatic nitrogens is 1. The molecule has 3 heteroatoms. The van der Waals surface area contributed by atoms with Gasteiger partial charge in [0.1, 0.15) is 0 Å². The number of aliphatic hydroxyl groups excluding tert-OH is 1. The van der Waals surface area contributed by atoms with Crippen LogP contribution in [0.25, 0.3) is 5.69 Å². The van der Waals surface area contributed by atoms with Crippen molar-refractivity contribution in [3.05, 3.63) is 53.3 Å². The maximum atomic E-state index is 9.95. The second-order valence-electron chi connectivity index (χ2n) is 4.26. The number of rotatable bonds is 3. The number of hydrogen-bond acceptors (Lipinski definition) is 2. The molecule has 0 fully saturated rings. The predicted molar refractivity (Wildman–Crippen MR) is 69.3 cm³/mol. The molecule has 1 aromatic carbocycles. The van der Waals surface area contributed by atoms with Gasteiger partial charge in [-0.1, -0.05) is 18.2 Å². The Morgan fingerprint density at radius 3 is 2.29 bits per heavy atom. The van der Waals surface area contributed by atoms with E-state index in [9.17, 15) is 5.11 Å². The highest BCUT2D eigenvalue weighted by Crippen LogP contribution is 2.24. The van der Waals surface area contributed by atoms with Crippen LogP contribution in [0.1, 0.15) is 23.1 Å². The van der Waals surface area contributed by atoms with Crippen molar-refractivity contribution in [2.45, 2.75) is 20.0 Å². The van der Waals surface area contributed by atoms with Crippen molar-refractivity contribution in [3.8, 4) is 5.69 Å². The summed E-state index contributed by atoms with van der Waals surface area (Å²) in [6.07, 6.45) is -0.618. The number of hydrogen-bond donors (Lipinski definition) is 2. The standard InChI is InChI=1S/C14H18N2O/c1-10-7-8-11(2)16(10)13-6-4-3-5-12(13)14(17)9-15/h3-8,14,17H,9,15H2,1-2H3. The fourth-order valence-electron chi connectivity index (χ4n) is 2.15. The molecule has 1 heterocycles. The molecule has 0 aliphatic carbocycles. The molecule has 1 atom stereocenters. The van der Waals surface area contributed by atoms with Gasteiger partial charge in [0.25, 0.3) is 0 Å². The second-order valence-corrected chi connectivity index (χ2v) is 4.26. The van der Waals surface area contributed by atoms with E-state index < -0.39 is 6.10 Å². The van der Waals surface area contributed by atoms with Crippen molar-refractivity contribution in [2.24, 2.45) is 5.73 Å². The Hall–Kier alpha value is -1.58. The molecule has 0 saturated carbocycles. The Balaban J connectivity index is 2.60. The van der Waals surface area contributed by atoms with Crippen LogP contribution in [0.15, 0.2) is 36.4 Å². The van der Waals surface area contributed by atoms with E-state index >= 15 is 0 Å². The summed E-state index contributed by atoms with van der Waals surface area (Å²) in [4.78, 5) is 0. The van der Waals surface area contributed by atoms with Gasteiger partial charge in [0, 0.05) is 23.5 Å². The average molecular weight is 230 g/mol. The molecule has 0 spiro atoms. The Kier molecular flexibility index (Phi) is 3.31. The highest BCUT2D eigenvalue weighted by Gasteiger charge is 2.13. The number of aryl methyl sites for hydroxylation is 2. The zero-order valence-corrected chi connectivity index (χ0v) is 10.2. The lowest BCUT2D eigenvalue weighted by Crippen LogP contribution is -2.14. The fourth-order valence-corrected chi connectivity index (χ4v) is 2.15. The van der Waals surface area contributed by atoms with Gasteiger partial charge in [-0.05, 0) is 32.0 Å². The summed E-state index contributed by atoms with van der Waals surface area (Å²) >= 11 is 0. The van der Waals surface area contributed by atoms with Gasteiger partial charge in [0.2, 0.25) is 0 Å². The van der Waals surface area contributed by atoms with Gasteiger partial charge < -0.3 is 15.4 Å². The topological polar surface area (TPSA) is 51.2 Å². The van der Waals surface area contributed by atoms with Gasteiger partial charge in [0.05, 0.1) is 11.8 Å². The Morgan fingerprint density at radius 1 is 1.12 bits per heavy atom. The first-order valence-corrected chi connectivity index (χ1v) is 5.77. The van der Waals surface area contributed by atoms with Crippen LogP contribution >= 0.6 is 0 Å². The van der Waals surface area contributed by atoms with E-state index in [1.807, 2.05) is 24.3 Å². The summed E-state index contributed by atoms with van der Waals surface area (Å²) < 4.78 is 2.13. The molecule has 0 amide bonds. The van der Waals surface area contributed by atoms with Crippen LogP contribution in [-0.2, 0) is 0 Å². The summed E-state index contributed by atoms with van der Waals surface area (Å²) in [5.41, 5.74) is 9.72. The van der Waals surface area contributed by atoms with E-state index in [2.05, 4.69) is 30.5 Å². The van der Waals surface area contributed by atoms with Crippen molar-refractivity contribution >= 4 is 0 Å². The SMILES string of the molecule is Cc1ccc(C)n1-c1ccccc1C(O)CN. The average Bonchev–Trinajstić information content (AvgIpc) is 2.68. The minimum Gasteiger partial charge on any atom is -0.387 e. The Bertz CT molecular complexity index is 497. The number of nitrogens with zero attached hydrogens (tertiary/aromatic N) is 1. The van der Waals surface area contributed by atoms with E-state index in [4.69, 9.17) is 5.73 Å². The van der Waals surface area contributed by atoms with E-state index in [0.29, 0.717) is 0 Å². The lowest BCUT2D eigenvalue weighted by molar-refractivity contribution is 0.186. The molecule has 0 aliphatic heterocycles. The molecule has 3 nitrogen and oxygen atoms in total. The van der Waals surface area contributed by atoms with Crippen LogP contribution in [0, 0.1) is 13.8 Å². The van der Waals surface area contributed by atoms with Crippen LogP contribution in [0.3, 0.4) is 0 Å². The maximum absolute atomic E-state index is 9.95. The van der Waals surface area contributed by atoms with E-state index in [0.717, 1.165) is 22.6 Å². The normalized spacial score (nSPS) is 12.7. The lowest BCUT2D eigenvalue weighted by atomic mass is 10.1. The number of para-hydroxylation sites is 1. The minimum absolute atomic E-state index is 0.233. The first-order chi connectivity index (χ1) is 8.15. The molecule has 0 aliphatic rings. The molecular weight excluding hydrogens is 212 g/mol. The molecule has 90 valence electrons. The van der Waals surface area contributed by atoms with Crippen molar-refractivity contribution in [2.75, 3.05) is 6.54 Å². The predicted octanol–water partition coefficient (Wildman–Crippen LogP) is 2.09. The molecule has 2 rings (SSSR count). The van der Waals surface area contributed by atoms with Crippen molar-refractivity contribution in [1.29, 1.82) is 0 Å². The van der Waals surface area contributed by atoms with Gasteiger partial charge in [0.15, 0.2) is 0 Å². The quantitative estimate of drug-likeness (QED) is 0.848. The third kappa shape index (κ3) is 2.12. The van der Waals surface area contributed by atoms with E-state index in [-0.39, 0.29) is 6.54 Å². The minimum atomic E-state index is -0.618. The highest BCUT2D eigenvalue weighted by atomic mass is 16.3.